The lowest BCUT2D eigenvalue weighted by atomic mass is 9.98. The number of rotatable bonds is 7. The zero-order valence-corrected chi connectivity index (χ0v) is 23.5. The summed E-state index contributed by atoms with van der Waals surface area (Å²) in [4.78, 5) is 41.8. The van der Waals surface area contributed by atoms with E-state index in [1.165, 1.54) is 18.3 Å². The third-order valence-electron chi connectivity index (χ3n) is 6.34. The zero-order valence-electron chi connectivity index (χ0n) is 21.8. The van der Waals surface area contributed by atoms with Crippen molar-refractivity contribution in [3.05, 3.63) is 106 Å². The SMILES string of the molecule is CS(=O)(=O)NC(=O)c1cccc(Cn2c(C(=O)NS(C)(=O)=O)c(-c3ccc[nH]c3=O)c3c4ccccc4ccc32)c1. The Kier molecular flexibility index (Phi) is 7.01. The van der Waals surface area contributed by atoms with E-state index in [-0.39, 0.29) is 28.9 Å². The molecule has 0 unspecified atom stereocenters. The molecule has 0 aliphatic rings. The van der Waals surface area contributed by atoms with Gasteiger partial charge in [0.05, 0.1) is 18.0 Å². The number of nitrogens with one attached hydrogen (secondary N) is 3. The molecule has 0 fully saturated rings. The van der Waals surface area contributed by atoms with E-state index in [9.17, 15) is 31.2 Å². The summed E-state index contributed by atoms with van der Waals surface area (Å²) in [5.74, 6) is -1.78. The van der Waals surface area contributed by atoms with Crippen LogP contribution in [0.2, 0.25) is 0 Å². The van der Waals surface area contributed by atoms with Crippen molar-refractivity contribution in [3.8, 4) is 11.1 Å². The Morgan fingerprint density at radius 1 is 0.829 bits per heavy atom. The maximum Gasteiger partial charge on any atom is 0.282 e. The normalized spacial score (nSPS) is 12.0. The molecule has 2 amide bonds. The van der Waals surface area contributed by atoms with Crippen LogP contribution in [0.5, 0.6) is 0 Å². The molecule has 3 aromatic carbocycles. The fourth-order valence-electron chi connectivity index (χ4n) is 4.84. The molecule has 5 rings (SSSR count). The molecule has 0 aliphatic carbocycles. The minimum atomic E-state index is -3.99. The summed E-state index contributed by atoms with van der Waals surface area (Å²) in [6.45, 7) is -0.0217. The summed E-state index contributed by atoms with van der Waals surface area (Å²) in [5.41, 5.74) is 0.955. The second-order valence-corrected chi connectivity index (χ2v) is 13.0. The molecule has 13 heteroatoms. The van der Waals surface area contributed by atoms with Crippen molar-refractivity contribution in [2.75, 3.05) is 12.5 Å². The number of amides is 2. The summed E-state index contributed by atoms with van der Waals surface area (Å²) in [5, 5.41) is 2.13. The number of aromatic amines is 1. The second-order valence-electron chi connectivity index (χ2n) is 9.51. The summed E-state index contributed by atoms with van der Waals surface area (Å²) in [6, 6.07) is 20.3. The van der Waals surface area contributed by atoms with Crippen LogP contribution in [0.25, 0.3) is 32.8 Å². The number of pyridine rings is 1. The zero-order chi connectivity index (χ0) is 29.5. The molecule has 0 aliphatic heterocycles. The van der Waals surface area contributed by atoms with Gasteiger partial charge in [0.25, 0.3) is 17.4 Å². The number of benzene rings is 3. The van der Waals surface area contributed by atoms with Crippen molar-refractivity contribution in [2.24, 2.45) is 0 Å². The third-order valence-corrected chi connectivity index (χ3v) is 7.46. The average molecular weight is 593 g/mol. The quantitative estimate of drug-likeness (QED) is 0.261. The van der Waals surface area contributed by atoms with E-state index in [4.69, 9.17) is 0 Å². The molecule has 0 radical (unpaired) electrons. The molecule has 0 saturated carbocycles. The Hall–Kier alpha value is -4.75. The minimum absolute atomic E-state index is 0.0217. The fraction of sp³-hybridized carbons (Fsp3) is 0.107. The van der Waals surface area contributed by atoms with Crippen LogP contribution in [0, 0.1) is 0 Å². The minimum Gasteiger partial charge on any atom is -0.331 e. The first kappa shape index (κ1) is 27.8. The van der Waals surface area contributed by atoms with E-state index in [1.54, 1.807) is 34.9 Å². The van der Waals surface area contributed by atoms with Gasteiger partial charge in [-0.2, -0.15) is 0 Å². The molecule has 3 N–H and O–H groups in total. The van der Waals surface area contributed by atoms with E-state index in [2.05, 4.69) is 4.98 Å². The maximum absolute atomic E-state index is 13.7. The van der Waals surface area contributed by atoms with Crippen LogP contribution < -0.4 is 15.0 Å². The van der Waals surface area contributed by atoms with Crippen molar-refractivity contribution in [1.29, 1.82) is 0 Å². The van der Waals surface area contributed by atoms with Crippen molar-refractivity contribution >= 4 is 53.5 Å². The summed E-state index contributed by atoms with van der Waals surface area (Å²) >= 11 is 0. The molecule has 0 spiro atoms. The Balaban J connectivity index is 1.82. The predicted molar refractivity (Wildman–Crippen MR) is 156 cm³/mol. The largest absolute Gasteiger partial charge is 0.331 e. The number of hydrogen-bond donors (Lipinski definition) is 3. The molecule has 5 aromatic rings. The first-order chi connectivity index (χ1) is 19.3. The number of H-pyrrole nitrogens is 1. The van der Waals surface area contributed by atoms with Crippen molar-refractivity contribution in [2.45, 2.75) is 6.54 Å². The van der Waals surface area contributed by atoms with Gasteiger partial charge in [0, 0.05) is 34.8 Å². The first-order valence-electron chi connectivity index (χ1n) is 12.2. The molecule has 0 bridgehead atoms. The predicted octanol–water partition coefficient (Wildman–Crippen LogP) is 2.58. The standard InChI is InChI=1S/C28H24N4O7S2/c1-40(36,37)30-26(33)19-9-5-7-17(15-19)16-32-22-13-12-18-8-3-4-10-20(18)23(22)24(21-11-6-14-29-27(21)34)25(32)28(35)31-41(2,38)39/h3-15H,16H2,1-2H3,(H,29,34)(H,30,33)(H,31,35). The topological polar surface area (TPSA) is 164 Å². The number of nitrogens with zero attached hydrogens (tertiary/aromatic N) is 1. The molecular formula is C28H24N4O7S2. The van der Waals surface area contributed by atoms with Crippen LogP contribution in [0.15, 0.2) is 83.8 Å². The summed E-state index contributed by atoms with van der Waals surface area (Å²) in [7, 11) is -7.80. The number of hydrogen-bond acceptors (Lipinski definition) is 7. The van der Waals surface area contributed by atoms with Gasteiger partial charge in [-0.25, -0.2) is 26.3 Å². The molecule has 41 heavy (non-hydrogen) atoms. The van der Waals surface area contributed by atoms with Crippen LogP contribution >= 0.6 is 0 Å². The smallest absolute Gasteiger partial charge is 0.282 e. The molecule has 0 atom stereocenters. The molecule has 2 heterocycles. The van der Waals surface area contributed by atoms with Gasteiger partial charge in [0.2, 0.25) is 20.0 Å². The van der Waals surface area contributed by atoms with Crippen LogP contribution in [-0.4, -0.2) is 50.7 Å². The lowest BCUT2D eigenvalue weighted by molar-refractivity contribution is 0.0967. The molecule has 11 nitrogen and oxygen atoms in total. The van der Waals surface area contributed by atoms with Gasteiger partial charge in [-0.3, -0.25) is 14.4 Å². The molecule has 0 saturated heterocycles. The molecule has 2 aromatic heterocycles. The fourth-order valence-corrected chi connectivity index (χ4v) is 5.73. The average Bonchev–Trinajstić information content (AvgIpc) is 3.21. The number of aromatic nitrogens is 2. The Morgan fingerprint density at radius 2 is 1.54 bits per heavy atom. The first-order valence-corrected chi connectivity index (χ1v) is 16.0. The van der Waals surface area contributed by atoms with Gasteiger partial charge < -0.3 is 9.55 Å². The van der Waals surface area contributed by atoms with Crippen molar-refractivity contribution in [1.82, 2.24) is 19.0 Å². The highest BCUT2D eigenvalue weighted by Gasteiger charge is 2.28. The highest BCUT2D eigenvalue weighted by Crippen LogP contribution is 2.39. The van der Waals surface area contributed by atoms with E-state index < -0.39 is 37.4 Å². The summed E-state index contributed by atoms with van der Waals surface area (Å²) in [6.07, 6.45) is 3.17. The van der Waals surface area contributed by atoms with Gasteiger partial charge in [0.1, 0.15) is 5.69 Å². The van der Waals surface area contributed by atoms with E-state index in [1.807, 2.05) is 39.8 Å². The second kappa shape index (κ2) is 10.3. The third kappa shape index (κ3) is 5.76. The number of carbonyl (C=O) groups is 2. The Bertz CT molecular complexity index is 2150. The van der Waals surface area contributed by atoms with Gasteiger partial charge in [-0.1, -0.05) is 42.5 Å². The van der Waals surface area contributed by atoms with Crippen molar-refractivity contribution in [3.63, 3.8) is 0 Å². The van der Waals surface area contributed by atoms with E-state index in [0.717, 1.165) is 23.3 Å². The highest BCUT2D eigenvalue weighted by atomic mass is 32.2. The highest BCUT2D eigenvalue weighted by molar-refractivity contribution is 7.89. The number of fused-ring (bicyclic) bond motifs is 3. The van der Waals surface area contributed by atoms with Crippen LogP contribution in [0.4, 0.5) is 0 Å². The van der Waals surface area contributed by atoms with Gasteiger partial charge in [-0.05, 0) is 46.7 Å². The molecule has 210 valence electrons. The van der Waals surface area contributed by atoms with Gasteiger partial charge >= 0.3 is 0 Å². The molecular weight excluding hydrogens is 568 g/mol. The van der Waals surface area contributed by atoms with Gasteiger partial charge in [-0.15, -0.1) is 0 Å². The monoisotopic (exact) mass is 592 g/mol. The van der Waals surface area contributed by atoms with E-state index in [0.29, 0.717) is 16.5 Å². The lowest BCUT2D eigenvalue weighted by Crippen LogP contribution is -2.32. The number of sulfonamides is 2. The van der Waals surface area contributed by atoms with Crippen LogP contribution in [-0.2, 0) is 26.6 Å². The van der Waals surface area contributed by atoms with Gasteiger partial charge in [0.15, 0.2) is 0 Å². The summed E-state index contributed by atoms with van der Waals surface area (Å²) < 4.78 is 53.0. The van der Waals surface area contributed by atoms with Crippen LogP contribution in [0.3, 0.4) is 0 Å². The van der Waals surface area contributed by atoms with Crippen molar-refractivity contribution < 1.29 is 26.4 Å². The Morgan fingerprint density at radius 3 is 2.24 bits per heavy atom. The van der Waals surface area contributed by atoms with E-state index >= 15 is 0 Å². The lowest BCUT2D eigenvalue weighted by Gasteiger charge is -2.13. The Labute approximate surface area is 234 Å². The number of carbonyl (C=O) groups excluding carboxylic acids is 2. The maximum atomic E-state index is 13.7. The van der Waals surface area contributed by atoms with Crippen LogP contribution in [0.1, 0.15) is 26.4 Å².